The zero-order chi connectivity index (χ0) is 16.1. The van der Waals surface area contributed by atoms with Gasteiger partial charge in [0.2, 0.25) is 5.91 Å². The molecule has 1 amide bonds. The molecule has 0 saturated heterocycles. The van der Waals surface area contributed by atoms with Crippen LogP contribution in [0.25, 0.3) is 0 Å². The number of carbonyl (C=O) groups is 1. The Bertz CT molecular complexity index is 261. The number of nitrogens with zero attached hydrogens (tertiary/aromatic N) is 1. The van der Waals surface area contributed by atoms with Crippen LogP contribution in [0, 0.1) is 0 Å². The molecule has 0 aromatic carbocycles. The Labute approximate surface area is 129 Å². The fraction of sp³-hybridized carbons (Fsp3) is 0.938. The molecule has 0 aliphatic carbocycles. The second kappa shape index (κ2) is 13.0. The van der Waals surface area contributed by atoms with Gasteiger partial charge in [0.15, 0.2) is 0 Å². The standard InChI is InChI=1S/C16H33NO4/c1-5-14(3)17(10-8-11-20-4)16(19)9-7-12-21-13-15(18)6-2/h14-15,18H,5-13H2,1-4H3. The maximum absolute atomic E-state index is 12.3. The van der Waals surface area contributed by atoms with Crippen molar-refractivity contribution in [3.63, 3.8) is 0 Å². The fourth-order valence-corrected chi connectivity index (χ4v) is 2.00. The molecule has 0 radical (unpaired) electrons. The molecular weight excluding hydrogens is 270 g/mol. The molecule has 0 aromatic rings. The Morgan fingerprint density at radius 1 is 1.19 bits per heavy atom. The maximum atomic E-state index is 12.3. The van der Waals surface area contributed by atoms with E-state index in [0.717, 1.165) is 19.4 Å². The summed E-state index contributed by atoms with van der Waals surface area (Å²) in [6, 6.07) is 0.261. The first kappa shape index (κ1) is 20.3. The van der Waals surface area contributed by atoms with Crippen LogP contribution in [0.2, 0.25) is 0 Å². The first-order valence-corrected chi connectivity index (χ1v) is 8.10. The van der Waals surface area contributed by atoms with Crippen LogP contribution in [0.15, 0.2) is 0 Å². The molecule has 5 nitrogen and oxygen atoms in total. The second-order valence-corrected chi connectivity index (χ2v) is 5.43. The summed E-state index contributed by atoms with van der Waals surface area (Å²) < 4.78 is 10.4. The molecule has 0 aliphatic rings. The number of carbonyl (C=O) groups excluding carboxylic acids is 1. The number of amides is 1. The number of methoxy groups -OCH3 is 1. The van der Waals surface area contributed by atoms with E-state index in [-0.39, 0.29) is 11.9 Å². The zero-order valence-corrected chi connectivity index (χ0v) is 14.1. The SMILES string of the molecule is CCC(O)COCCCC(=O)N(CCCOC)C(C)CC. The summed E-state index contributed by atoms with van der Waals surface area (Å²) in [5, 5.41) is 9.37. The molecular formula is C16H33NO4. The molecule has 0 bridgehead atoms. The van der Waals surface area contributed by atoms with Gasteiger partial charge < -0.3 is 19.5 Å². The highest BCUT2D eigenvalue weighted by Gasteiger charge is 2.17. The van der Waals surface area contributed by atoms with Crippen LogP contribution < -0.4 is 0 Å². The molecule has 0 rings (SSSR count). The molecule has 21 heavy (non-hydrogen) atoms. The summed E-state index contributed by atoms with van der Waals surface area (Å²) in [6.45, 7) is 8.40. The van der Waals surface area contributed by atoms with Crippen molar-refractivity contribution in [1.29, 1.82) is 0 Å². The van der Waals surface area contributed by atoms with E-state index in [4.69, 9.17) is 9.47 Å². The number of ether oxygens (including phenoxy) is 2. The third-order valence-electron chi connectivity index (χ3n) is 3.65. The van der Waals surface area contributed by atoms with Gasteiger partial charge in [0, 0.05) is 39.3 Å². The van der Waals surface area contributed by atoms with Crippen LogP contribution in [0.4, 0.5) is 0 Å². The van der Waals surface area contributed by atoms with E-state index in [1.54, 1.807) is 7.11 Å². The van der Waals surface area contributed by atoms with Gasteiger partial charge in [0.1, 0.15) is 0 Å². The van der Waals surface area contributed by atoms with Crippen LogP contribution >= 0.6 is 0 Å². The molecule has 2 unspecified atom stereocenters. The van der Waals surface area contributed by atoms with Crippen molar-refractivity contribution in [3.8, 4) is 0 Å². The van der Waals surface area contributed by atoms with Gasteiger partial charge in [-0.3, -0.25) is 4.79 Å². The van der Waals surface area contributed by atoms with E-state index in [0.29, 0.717) is 39.1 Å². The molecule has 126 valence electrons. The lowest BCUT2D eigenvalue weighted by Gasteiger charge is -2.28. The van der Waals surface area contributed by atoms with Crippen molar-refractivity contribution >= 4 is 5.91 Å². The lowest BCUT2D eigenvalue weighted by atomic mass is 10.1. The summed E-state index contributed by atoms with van der Waals surface area (Å²) >= 11 is 0. The molecule has 0 heterocycles. The maximum Gasteiger partial charge on any atom is 0.222 e. The minimum absolute atomic E-state index is 0.181. The number of aliphatic hydroxyl groups is 1. The highest BCUT2D eigenvalue weighted by Crippen LogP contribution is 2.09. The average molecular weight is 303 g/mol. The van der Waals surface area contributed by atoms with Gasteiger partial charge in [0.05, 0.1) is 12.7 Å². The van der Waals surface area contributed by atoms with Gasteiger partial charge in [-0.1, -0.05) is 13.8 Å². The van der Waals surface area contributed by atoms with Crippen molar-refractivity contribution in [1.82, 2.24) is 4.90 Å². The van der Waals surface area contributed by atoms with E-state index in [9.17, 15) is 9.90 Å². The normalized spacial score (nSPS) is 14.0. The Morgan fingerprint density at radius 3 is 2.48 bits per heavy atom. The van der Waals surface area contributed by atoms with Crippen molar-refractivity contribution in [2.45, 2.75) is 65.0 Å². The van der Waals surface area contributed by atoms with Crippen molar-refractivity contribution < 1.29 is 19.4 Å². The molecule has 5 heteroatoms. The average Bonchev–Trinajstić information content (AvgIpc) is 2.50. The van der Waals surface area contributed by atoms with Gasteiger partial charge in [-0.2, -0.15) is 0 Å². The Kier molecular flexibility index (Phi) is 12.6. The van der Waals surface area contributed by atoms with E-state index >= 15 is 0 Å². The van der Waals surface area contributed by atoms with Gasteiger partial charge in [-0.05, 0) is 32.6 Å². The molecule has 1 N–H and O–H groups in total. The lowest BCUT2D eigenvalue weighted by Crippen LogP contribution is -2.39. The Hall–Kier alpha value is -0.650. The third kappa shape index (κ3) is 9.82. The number of aliphatic hydroxyl groups excluding tert-OH is 1. The van der Waals surface area contributed by atoms with Crippen LogP contribution in [0.1, 0.15) is 52.9 Å². The predicted octanol–water partition coefficient (Wildman–Crippen LogP) is 2.22. The predicted molar refractivity (Wildman–Crippen MR) is 84.3 cm³/mol. The Morgan fingerprint density at radius 2 is 1.90 bits per heavy atom. The molecule has 0 saturated carbocycles. The van der Waals surface area contributed by atoms with E-state index < -0.39 is 6.10 Å². The molecule has 0 fully saturated rings. The highest BCUT2D eigenvalue weighted by molar-refractivity contribution is 5.76. The van der Waals surface area contributed by atoms with E-state index in [1.807, 2.05) is 11.8 Å². The van der Waals surface area contributed by atoms with E-state index in [1.165, 1.54) is 0 Å². The first-order chi connectivity index (χ1) is 10.1. The monoisotopic (exact) mass is 303 g/mol. The largest absolute Gasteiger partial charge is 0.391 e. The van der Waals surface area contributed by atoms with Crippen LogP contribution in [0.5, 0.6) is 0 Å². The zero-order valence-electron chi connectivity index (χ0n) is 14.1. The Balaban J connectivity index is 3.99. The summed E-state index contributed by atoms with van der Waals surface area (Å²) in [7, 11) is 1.68. The van der Waals surface area contributed by atoms with E-state index in [2.05, 4.69) is 13.8 Å². The lowest BCUT2D eigenvalue weighted by molar-refractivity contribution is -0.133. The minimum Gasteiger partial charge on any atom is -0.391 e. The van der Waals surface area contributed by atoms with Crippen LogP contribution in [0.3, 0.4) is 0 Å². The van der Waals surface area contributed by atoms with Crippen LogP contribution in [-0.4, -0.2) is 61.5 Å². The number of hydrogen-bond acceptors (Lipinski definition) is 4. The topological polar surface area (TPSA) is 59.0 Å². The molecule has 0 aliphatic heterocycles. The van der Waals surface area contributed by atoms with Crippen LogP contribution in [-0.2, 0) is 14.3 Å². The third-order valence-corrected chi connectivity index (χ3v) is 3.65. The van der Waals surface area contributed by atoms with Crippen molar-refractivity contribution in [3.05, 3.63) is 0 Å². The summed E-state index contributed by atoms with van der Waals surface area (Å²) in [4.78, 5) is 14.2. The molecule has 0 aromatic heterocycles. The fourth-order valence-electron chi connectivity index (χ4n) is 2.00. The quantitative estimate of drug-likeness (QED) is 0.530. The van der Waals surface area contributed by atoms with Gasteiger partial charge in [-0.15, -0.1) is 0 Å². The van der Waals surface area contributed by atoms with Crippen molar-refractivity contribution in [2.75, 3.05) is 33.5 Å². The summed E-state index contributed by atoms with van der Waals surface area (Å²) in [6.07, 6.45) is 3.32. The highest BCUT2D eigenvalue weighted by atomic mass is 16.5. The molecule has 2 atom stereocenters. The smallest absolute Gasteiger partial charge is 0.222 e. The number of hydrogen-bond donors (Lipinski definition) is 1. The van der Waals surface area contributed by atoms with Gasteiger partial charge in [0.25, 0.3) is 0 Å². The van der Waals surface area contributed by atoms with Crippen molar-refractivity contribution in [2.24, 2.45) is 0 Å². The summed E-state index contributed by atoms with van der Waals surface area (Å²) in [5.41, 5.74) is 0. The minimum atomic E-state index is -0.397. The number of rotatable bonds is 13. The first-order valence-electron chi connectivity index (χ1n) is 8.10. The van der Waals surface area contributed by atoms with Gasteiger partial charge in [-0.25, -0.2) is 0 Å². The second-order valence-electron chi connectivity index (χ2n) is 5.43. The molecule has 0 spiro atoms. The van der Waals surface area contributed by atoms with Gasteiger partial charge >= 0.3 is 0 Å². The summed E-state index contributed by atoms with van der Waals surface area (Å²) in [5.74, 6) is 0.181.